The summed E-state index contributed by atoms with van der Waals surface area (Å²) in [6.07, 6.45) is -0.253. The first-order valence-corrected chi connectivity index (χ1v) is 8.61. The Labute approximate surface area is 153 Å². The van der Waals surface area contributed by atoms with E-state index in [1.54, 1.807) is 12.1 Å². The Morgan fingerprint density at radius 3 is 2.32 bits per heavy atom. The number of hydrogen-bond donors (Lipinski definition) is 2. The lowest BCUT2D eigenvalue weighted by Gasteiger charge is -2.16. The number of rotatable bonds is 5. The van der Waals surface area contributed by atoms with Crippen LogP contribution >= 0.6 is 11.6 Å². The van der Waals surface area contributed by atoms with Gasteiger partial charge in [-0.25, -0.2) is 0 Å². The summed E-state index contributed by atoms with van der Waals surface area (Å²) >= 11 is 6.04. The highest BCUT2D eigenvalue weighted by molar-refractivity contribution is 6.31. The Morgan fingerprint density at radius 1 is 1.00 bits per heavy atom. The Morgan fingerprint density at radius 2 is 1.68 bits per heavy atom. The number of amides is 2. The molecule has 0 unspecified atom stereocenters. The first kappa shape index (κ1) is 19.0. The SMILES string of the molecule is Cc1ccc(NC(=O)CC(=O)Nc2c(C)cccc2C(C)C)cc1Cl. The molecule has 2 amide bonds. The zero-order chi connectivity index (χ0) is 18.6. The first-order chi connectivity index (χ1) is 11.8. The average molecular weight is 359 g/mol. The van der Waals surface area contributed by atoms with E-state index < -0.39 is 0 Å². The van der Waals surface area contributed by atoms with Gasteiger partial charge in [-0.2, -0.15) is 0 Å². The predicted molar refractivity (Wildman–Crippen MR) is 103 cm³/mol. The van der Waals surface area contributed by atoms with Crippen LogP contribution in [0.25, 0.3) is 0 Å². The number of aryl methyl sites for hydroxylation is 2. The molecule has 2 aromatic rings. The number of nitrogens with one attached hydrogen (secondary N) is 2. The summed E-state index contributed by atoms with van der Waals surface area (Å²) in [5, 5.41) is 6.14. The monoisotopic (exact) mass is 358 g/mol. The highest BCUT2D eigenvalue weighted by Crippen LogP contribution is 2.27. The van der Waals surface area contributed by atoms with Crippen LogP contribution in [0.2, 0.25) is 5.02 Å². The fraction of sp³-hybridized carbons (Fsp3) is 0.300. The third kappa shape index (κ3) is 5.07. The molecule has 0 spiro atoms. The maximum absolute atomic E-state index is 12.3. The molecular weight excluding hydrogens is 336 g/mol. The van der Waals surface area contributed by atoms with Crippen molar-refractivity contribution < 1.29 is 9.59 Å². The second-order valence-electron chi connectivity index (χ2n) is 6.43. The summed E-state index contributed by atoms with van der Waals surface area (Å²) in [6, 6.07) is 11.1. The molecule has 0 heterocycles. The van der Waals surface area contributed by atoms with Crippen molar-refractivity contribution in [3.05, 3.63) is 58.1 Å². The van der Waals surface area contributed by atoms with Gasteiger partial charge in [-0.05, 0) is 48.6 Å². The lowest BCUT2D eigenvalue weighted by molar-refractivity contribution is -0.123. The van der Waals surface area contributed by atoms with E-state index in [0.29, 0.717) is 10.7 Å². The minimum atomic E-state index is -0.378. The van der Waals surface area contributed by atoms with Crippen LogP contribution in [0.4, 0.5) is 11.4 Å². The third-order valence-corrected chi connectivity index (χ3v) is 4.38. The van der Waals surface area contributed by atoms with Crippen LogP contribution in [0.5, 0.6) is 0 Å². The number of halogens is 1. The molecule has 0 radical (unpaired) electrons. The smallest absolute Gasteiger partial charge is 0.233 e. The van der Waals surface area contributed by atoms with Crippen LogP contribution in [-0.2, 0) is 9.59 Å². The third-order valence-electron chi connectivity index (χ3n) is 3.97. The number of hydrogen-bond acceptors (Lipinski definition) is 2. The van der Waals surface area contributed by atoms with E-state index in [4.69, 9.17) is 11.6 Å². The van der Waals surface area contributed by atoms with Crippen LogP contribution < -0.4 is 10.6 Å². The van der Waals surface area contributed by atoms with Gasteiger partial charge in [0.1, 0.15) is 6.42 Å². The summed E-state index contributed by atoms with van der Waals surface area (Å²) in [5.41, 5.74) is 4.32. The molecule has 0 atom stereocenters. The highest BCUT2D eigenvalue weighted by Gasteiger charge is 2.15. The average Bonchev–Trinajstić information content (AvgIpc) is 2.52. The Kier molecular flexibility index (Phi) is 6.21. The van der Waals surface area contributed by atoms with Crippen LogP contribution in [0, 0.1) is 13.8 Å². The van der Waals surface area contributed by atoms with Crippen molar-refractivity contribution in [2.24, 2.45) is 0 Å². The topological polar surface area (TPSA) is 58.2 Å². The second kappa shape index (κ2) is 8.17. The Bertz CT molecular complexity index is 800. The van der Waals surface area contributed by atoms with Gasteiger partial charge in [0.2, 0.25) is 11.8 Å². The molecule has 0 aliphatic heterocycles. The summed E-state index contributed by atoms with van der Waals surface area (Å²) in [6.45, 7) is 7.96. The number of para-hydroxylation sites is 1. The van der Waals surface area contributed by atoms with Crippen molar-refractivity contribution in [2.75, 3.05) is 10.6 Å². The van der Waals surface area contributed by atoms with Crippen LogP contribution in [0.3, 0.4) is 0 Å². The van der Waals surface area contributed by atoms with Gasteiger partial charge >= 0.3 is 0 Å². The van der Waals surface area contributed by atoms with Crippen molar-refractivity contribution in [1.29, 1.82) is 0 Å². The molecule has 0 saturated carbocycles. The molecule has 0 fully saturated rings. The highest BCUT2D eigenvalue weighted by atomic mass is 35.5. The Hall–Kier alpha value is -2.33. The number of anilines is 2. The van der Waals surface area contributed by atoms with Gasteiger partial charge in [-0.15, -0.1) is 0 Å². The lowest BCUT2D eigenvalue weighted by atomic mass is 9.98. The minimum absolute atomic E-state index is 0.253. The van der Waals surface area contributed by atoms with Crippen molar-refractivity contribution in [2.45, 2.75) is 40.0 Å². The van der Waals surface area contributed by atoms with E-state index in [1.807, 2.05) is 38.1 Å². The molecule has 2 N–H and O–H groups in total. The van der Waals surface area contributed by atoms with Gasteiger partial charge in [-0.3, -0.25) is 9.59 Å². The maximum atomic E-state index is 12.3. The predicted octanol–water partition coefficient (Wildman–Crippen LogP) is 5.05. The van der Waals surface area contributed by atoms with Gasteiger partial charge in [0.15, 0.2) is 0 Å². The van der Waals surface area contributed by atoms with Gasteiger partial charge < -0.3 is 10.6 Å². The van der Waals surface area contributed by atoms with E-state index in [0.717, 1.165) is 22.4 Å². The molecule has 0 aliphatic rings. The Balaban J connectivity index is 2.03. The van der Waals surface area contributed by atoms with Crippen molar-refractivity contribution in [3.63, 3.8) is 0 Å². The molecule has 2 rings (SSSR count). The van der Waals surface area contributed by atoms with Gasteiger partial charge in [0.25, 0.3) is 0 Å². The first-order valence-electron chi connectivity index (χ1n) is 8.23. The zero-order valence-electron chi connectivity index (χ0n) is 14.9. The second-order valence-corrected chi connectivity index (χ2v) is 6.84. The molecule has 2 aromatic carbocycles. The van der Waals surface area contributed by atoms with Gasteiger partial charge in [-0.1, -0.05) is 49.7 Å². The van der Waals surface area contributed by atoms with Crippen LogP contribution in [0.1, 0.15) is 42.9 Å². The summed E-state index contributed by atoms with van der Waals surface area (Å²) in [4.78, 5) is 24.4. The van der Waals surface area contributed by atoms with Crippen LogP contribution in [-0.4, -0.2) is 11.8 Å². The van der Waals surface area contributed by atoms with Crippen molar-refractivity contribution in [1.82, 2.24) is 0 Å². The van der Waals surface area contributed by atoms with E-state index in [2.05, 4.69) is 24.5 Å². The van der Waals surface area contributed by atoms with Gasteiger partial charge in [0.05, 0.1) is 0 Å². The van der Waals surface area contributed by atoms with E-state index in [-0.39, 0.29) is 24.2 Å². The molecule has 0 aromatic heterocycles. The fourth-order valence-corrected chi connectivity index (χ4v) is 2.73. The lowest BCUT2D eigenvalue weighted by Crippen LogP contribution is -2.22. The zero-order valence-corrected chi connectivity index (χ0v) is 15.7. The van der Waals surface area contributed by atoms with Crippen molar-refractivity contribution >= 4 is 34.8 Å². The van der Waals surface area contributed by atoms with Crippen LogP contribution in [0.15, 0.2) is 36.4 Å². The quantitative estimate of drug-likeness (QED) is 0.735. The van der Waals surface area contributed by atoms with Crippen molar-refractivity contribution in [3.8, 4) is 0 Å². The van der Waals surface area contributed by atoms with E-state index in [9.17, 15) is 9.59 Å². The molecule has 5 heteroatoms. The molecule has 0 bridgehead atoms. The summed E-state index contributed by atoms with van der Waals surface area (Å²) in [7, 11) is 0. The maximum Gasteiger partial charge on any atom is 0.233 e. The molecule has 4 nitrogen and oxygen atoms in total. The van der Waals surface area contributed by atoms with E-state index in [1.165, 1.54) is 0 Å². The molecular formula is C20H23ClN2O2. The van der Waals surface area contributed by atoms with Gasteiger partial charge in [0, 0.05) is 16.4 Å². The fourth-order valence-electron chi connectivity index (χ4n) is 2.55. The molecule has 25 heavy (non-hydrogen) atoms. The largest absolute Gasteiger partial charge is 0.326 e. The number of benzene rings is 2. The molecule has 132 valence electrons. The summed E-state index contributed by atoms with van der Waals surface area (Å²) < 4.78 is 0. The molecule has 0 saturated heterocycles. The summed E-state index contributed by atoms with van der Waals surface area (Å²) in [5.74, 6) is -0.442. The number of carbonyl (C=O) groups excluding carboxylic acids is 2. The molecule has 0 aliphatic carbocycles. The standard InChI is InChI=1S/C20H23ClN2O2/c1-12(2)16-7-5-6-14(4)20(16)23-19(25)11-18(24)22-15-9-8-13(3)17(21)10-15/h5-10,12H,11H2,1-4H3,(H,22,24)(H,23,25). The normalized spacial score (nSPS) is 10.6. The van der Waals surface area contributed by atoms with E-state index >= 15 is 0 Å². The minimum Gasteiger partial charge on any atom is -0.326 e. The number of carbonyl (C=O) groups is 2.